The molecule has 0 aliphatic rings. The number of hydrogen-bond acceptors (Lipinski definition) is 4. The maximum atomic E-state index is 9.83. The minimum atomic E-state index is 0.114. The van der Waals surface area contributed by atoms with Crippen LogP contribution in [0, 0.1) is 22.7 Å². The molecular formula is C14H6N2OS. The van der Waals surface area contributed by atoms with E-state index in [4.69, 9.17) is 10.5 Å². The van der Waals surface area contributed by atoms with Gasteiger partial charge in [0.15, 0.2) is 0 Å². The summed E-state index contributed by atoms with van der Waals surface area (Å²) in [5.74, 6) is 0.216. The topological polar surface area (TPSA) is 67.8 Å². The van der Waals surface area contributed by atoms with Gasteiger partial charge in [-0.2, -0.15) is 10.5 Å². The zero-order valence-electron chi connectivity index (χ0n) is 9.14. The van der Waals surface area contributed by atoms with Gasteiger partial charge in [0.05, 0.1) is 4.53 Å². The highest BCUT2D eigenvalue weighted by Crippen LogP contribution is 2.34. The van der Waals surface area contributed by atoms with E-state index in [9.17, 15) is 5.11 Å². The number of thiophene rings is 1. The van der Waals surface area contributed by atoms with E-state index in [1.165, 1.54) is 11.3 Å². The second-order valence-corrected chi connectivity index (χ2v) is 4.89. The molecule has 3 aromatic rings. The summed E-state index contributed by atoms with van der Waals surface area (Å²) in [4.78, 5) is 0. The number of nitriles is 2. The molecule has 84 valence electrons. The van der Waals surface area contributed by atoms with Crippen molar-refractivity contribution < 1.29 is 5.11 Å². The van der Waals surface area contributed by atoms with Crippen molar-refractivity contribution in [1.29, 1.82) is 10.5 Å². The van der Waals surface area contributed by atoms with Crippen molar-refractivity contribution in [3.63, 3.8) is 0 Å². The van der Waals surface area contributed by atoms with E-state index in [0.29, 0.717) is 4.53 Å². The first-order chi connectivity index (χ1) is 8.76. The van der Waals surface area contributed by atoms with Gasteiger partial charge in [-0.3, -0.25) is 0 Å². The molecule has 0 amide bonds. The lowest BCUT2D eigenvalue weighted by atomic mass is 10.1. The van der Waals surface area contributed by atoms with Gasteiger partial charge in [0, 0.05) is 20.9 Å². The van der Waals surface area contributed by atoms with Crippen LogP contribution in [0.2, 0.25) is 0 Å². The predicted molar refractivity (Wildman–Crippen MR) is 70.8 cm³/mol. The molecule has 4 heteroatoms. The highest BCUT2D eigenvalue weighted by Gasteiger charge is 2.11. The summed E-state index contributed by atoms with van der Waals surface area (Å²) in [6.45, 7) is 0. The Labute approximate surface area is 106 Å². The first-order valence-electron chi connectivity index (χ1n) is 5.23. The molecule has 3 nitrogen and oxygen atoms in total. The maximum absolute atomic E-state index is 9.83. The van der Waals surface area contributed by atoms with Crippen LogP contribution in [0.4, 0.5) is 0 Å². The van der Waals surface area contributed by atoms with Crippen LogP contribution >= 0.6 is 11.3 Å². The molecule has 0 bridgehead atoms. The van der Waals surface area contributed by atoms with Crippen LogP contribution < -0.4 is 4.53 Å². The Hall–Kier alpha value is -2.56. The average Bonchev–Trinajstić information content (AvgIpc) is 2.76. The monoisotopic (exact) mass is 250 g/mol. The zero-order valence-corrected chi connectivity index (χ0v) is 9.95. The van der Waals surface area contributed by atoms with Crippen molar-refractivity contribution in [2.45, 2.75) is 0 Å². The van der Waals surface area contributed by atoms with E-state index in [2.05, 4.69) is 0 Å². The minimum absolute atomic E-state index is 0.114. The van der Waals surface area contributed by atoms with Crippen molar-refractivity contribution in [3.05, 3.63) is 34.9 Å². The lowest BCUT2D eigenvalue weighted by Gasteiger charge is -2.00. The molecule has 1 heterocycles. The third kappa shape index (κ3) is 1.27. The second-order valence-electron chi connectivity index (χ2n) is 3.84. The smallest absolute Gasteiger partial charge is 0.147 e. The molecule has 3 rings (SSSR count). The molecule has 1 aromatic heterocycles. The molecule has 0 saturated carbocycles. The van der Waals surface area contributed by atoms with Crippen LogP contribution in [0.15, 0.2) is 30.3 Å². The van der Waals surface area contributed by atoms with Crippen LogP contribution in [-0.2, 0) is 0 Å². The largest absolute Gasteiger partial charge is 0.507 e. The summed E-state index contributed by atoms with van der Waals surface area (Å²) in [5, 5.41) is 30.3. The van der Waals surface area contributed by atoms with E-state index in [-0.39, 0.29) is 11.3 Å². The SMILES string of the molecule is N#CC(C#N)=c1sc2cccc3c(O)ccc1c23. The summed E-state index contributed by atoms with van der Waals surface area (Å²) < 4.78 is 1.64. The summed E-state index contributed by atoms with van der Waals surface area (Å²) in [6, 6.07) is 12.8. The molecule has 0 unspecified atom stereocenters. The van der Waals surface area contributed by atoms with Gasteiger partial charge in [-0.25, -0.2) is 0 Å². The number of nitrogens with zero attached hydrogens (tertiary/aromatic N) is 2. The highest BCUT2D eigenvalue weighted by molar-refractivity contribution is 7.18. The Bertz CT molecular complexity index is 893. The highest BCUT2D eigenvalue weighted by atomic mass is 32.1. The normalized spacial score (nSPS) is 10.3. The molecular weight excluding hydrogens is 244 g/mol. The van der Waals surface area contributed by atoms with Crippen LogP contribution in [0.25, 0.3) is 26.4 Å². The Balaban J connectivity index is 2.70. The van der Waals surface area contributed by atoms with Crippen molar-refractivity contribution in [2.75, 3.05) is 0 Å². The second kappa shape index (κ2) is 3.73. The lowest BCUT2D eigenvalue weighted by molar-refractivity contribution is 0.482. The molecule has 2 aromatic carbocycles. The molecule has 0 aliphatic heterocycles. The Kier molecular flexibility index (Phi) is 2.19. The molecule has 0 aliphatic carbocycles. The van der Waals surface area contributed by atoms with Crippen molar-refractivity contribution in [1.82, 2.24) is 0 Å². The van der Waals surface area contributed by atoms with Crippen LogP contribution in [-0.4, -0.2) is 5.11 Å². The number of phenolic OH excluding ortho intramolecular Hbond substituents is 1. The molecule has 0 radical (unpaired) electrons. The molecule has 0 atom stereocenters. The van der Waals surface area contributed by atoms with Crippen LogP contribution in [0.3, 0.4) is 0 Å². The third-order valence-electron chi connectivity index (χ3n) is 2.89. The van der Waals surface area contributed by atoms with E-state index in [1.54, 1.807) is 12.1 Å². The van der Waals surface area contributed by atoms with Crippen molar-refractivity contribution in [2.24, 2.45) is 0 Å². The van der Waals surface area contributed by atoms with Crippen molar-refractivity contribution in [3.8, 4) is 17.9 Å². The number of aromatic hydroxyl groups is 1. The van der Waals surface area contributed by atoms with Gasteiger partial charge >= 0.3 is 0 Å². The predicted octanol–water partition coefficient (Wildman–Crippen LogP) is 2.68. The molecule has 0 spiro atoms. The van der Waals surface area contributed by atoms with E-state index >= 15 is 0 Å². The Morgan fingerprint density at radius 3 is 2.56 bits per heavy atom. The maximum Gasteiger partial charge on any atom is 0.147 e. The fourth-order valence-electron chi connectivity index (χ4n) is 2.11. The molecule has 1 N–H and O–H groups in total. The van der Waals surface area contributed by atoms with E-state index < -0.39 is 0 Å². The van der Waals surface area contributed by atoms with E-state index in [0.717, 1.165) is 20.9 Å². The van der Waals surface area contributed by atoms with Crippen LogP contribution in [0.5, 0.6) is 5.75 Å². The van der Waals surface area contributed by atoms with Gasteiger partial charge in [0.2, 0.25) is 0 Å². The molecule has 0 saturated heterocycles. The fraction of sp³-hybridized carbons (Fsp3) is 0. The van der Waals surface area contributed by atoms with Gasteiger partial charge in [0.1, 0.15) is 23.5 Å². The van der Waals surface area contributed by atoms with Gasteiger partial charge in [-0.05, 0) is 18.2 Å². The first kappa shape index (κ1) is 10.6. The summed E-state index contributed by atoms with van der Waals surface area (Å²) in [6.07, 6.45) is 0. The van der Waals surface area contributed by atoms with E-state index in [1.807, 2.05) is 30.3 Å². The zero-order chi connectivity index (χ0) is 12.7. The fourth-order valence-corrected chi connectivity index (χ4v) is 3.27. The lowest BCUT2D eigenvalue weighted by Crippen LogP contribution is -1.97. The third-order valence-corrected chi connectivity index (χ3v) is 4.07. The summed E-state index contributed by atoms with van der Waals surface area (Å²) >= 11 is 1.40. The van der Waals surface area contributed by atoms with Gasteiger partial charge in [-0.1, -0.05) is 12.1 Å². The standard InChI is InChI=1S/C14H6N2OS/c15-6-8(7-16)14-10-4-5-11(17)9-2-1-3-12(18-14)13(9)10/h1-5,17H. The molecule has 18 heavy (non-hydrogen) atoms. The van der Waals surface area contributed by atoms with Gasteiger partial charge < -0.3 is 5.11 Å². The number of hydrogen-bond donors (Lipinski definition) is 1. The Morgan fingerprint density at radius 1 is 1.06 bits per heavy atom. The summed E-state index contributed by atoms with van der Waals surface area (Å²) in [7, 11) is 0. The quantitative estimate of drug-likeness (QED) is 0.667. The van der Waals surface area contributed by atoms with Crippen LogP contribution in [0.1, 0.15) is 0 Å². The number of rotatable bonds is 0. The number of phenols is 1. The van der Waals surface area contributed by atoms with Gasteiger partial charge in [0.25, 0.3) is 0 Å². The van der Waals surface area contributed by atoms with Crippen molar-refractivity contribution >= 4 is 37.8 Å². The molecule has 0 fully saturated rings. The Morgan fingerprint density at radius 2 is 1.83 bits per heavy atom. The summed E-state index contributed by atoms with van der Waals surface area (Å²) in [5.41, 5.74) is 0.114. The first-order valence-corrected chi connectivity index (χ1v) is 6.05. The number of benzene rings is 2. The van der Waals surface area contributed by atoms with Gasteiger partial charge in [-0.15, -0.1) is 11.3 Å². The minimum Gasteiger partial charge on any atom is -0.507 e. The average molecular weight is 250 g/mol.